The summed E-state index contributed by atoms with van der Waals surface area (Å²) in [6.07, 6.45) is 1.69. The molecule has 0 saturated carbocycles. The molecule has 0 spiro atoms. The van der Waals surface area contributed by atoms with E-state index in [4.69, 9.17) is 18.9 Å². The summed E-state index contributed by atoms with van der Waals surface area (Å²) < 4.78 is 22.7. The van der Waals surface area contributed by atoms with Crippen LogP contribution in [0.5, 0.6) is 23.0 Å². The summed E-state index contributed by atoms with van der Waals surface area (Å²) in [6, 6.07) is 22.5. The van der Waals surface area contributed by atoms with Crippen LogP contribution in [-0.4, -0.2) is 42.9 Å². The number of hydrogen-bond donors (Lipinski definition) is 0. The lowest BCUT2D eigenvalue weighted by Crippen LogP contribution is -2.32. The molecule has 1 aliphatic heterocycles. The maximum absolute atomic E-state index is 12.9. The van der Waals surface area contributed by atoms with Crippen molar-refractivity contribution in [3.63, 3.8) is 0 Å². The van der Waals surface area contributed by atoms with Crippen molar-refractivity contribution in [3.05, 3.63) is 88.8 Å². The van der Waals surface area contributed by atoms with Crippen LogP contribution in [-0.2, 0) is 11.4 Å². The fourth-order valence-electron chi connectivity index (χ4n) is 3.57. The van der Waals surface area contributed by atoms with Crippen LogP contribution >= 0.6 is 11.8 Å². The lowest BCUT2D eigenvalue weighted by molar-refractivity contribution is -0.123. The van der Waals surface area contributed by atoms with Gasteiger partial charge in [-0.1, -0.05) is 48.5 Å². The summed E-state index contributed by atoms with van der Waals surface area (Å²) in [7, 11) is 1.56. The van der Waals surface area contributed by atoms with Crippen LogP contribution in [0.2, 0.25) is 0 Å². The van der Waals surface area contributed by atoms with Crippen molar-refractivity contribution in [2.75, 3.05) is 26.9 Å². The number of methoxy groups -OCH3 is 1. The summed E-state index contributed by atoms with van der Waals surface area (Å²) in [6.45, 7) is 3.07. The quantitative estimate of drug-likeness (QED) is 0.306. The Morgan fingerprint density at radius 1 is 0.833 bits per heavy atom. The van der Waals surface area contributed by atoms with Gasteiger partial charge in [-0.25, -0.2) is 0 Å². The molecule has 7 nitrogen and oxygen atoms in total. The monoisotopic (exact) mass is 505 g/mol. The van der Waals surface area contributed by atoms with Gasteiger partial charge in [0.15, 0.2) is 23.0 Å². The van der Waals surface area contributed by atoms with E-state index in [-0.39, 0.29) is 24.3 Å². The Hall–Kier alpha value is -3.91. The van der Waals surface area contributed by atoms with Crippen molar-refractivity contribution >= 4 is 29.0 Å². The molecule has 1 aliphatic rings. The van der Waals surface area contributed by atoms with Gasteiger partial charge in [0.1, 0.15) is 13.2 Å². The van der Waals surface area contributed by atoms with Crippen LogP contribution in [0.1, 0.15) is 18.1 Å². The van der Waals surface area contributed by atoms with Gasteiger partial charge in [-0.05, 0) is 60.2 Å². The summed E-state index contributed by atoms with van der Waals surface area (Å²) in [5, 5.41) is -0.331. The largest absolute Gasteiger partial charge is 0.493 e. The predicted molar refractivity (Wildman–Crippen MR) is 140 cm³/mol. The topological polar surface area (TPSA) is 74.3 Å². The second-order valence-corrected chi connectivity index (χ2v) is 8.74. The number of rotatable bonds is 11. The molecule has 3 aromatic carbocycles. The third-order valence-corrected chi connectivity index (χ3v) is 6.23. The number of amides is 2. The average molecular weight is 506 g/mol. The number of imide groups is 1. The molecule has 8 heteroatoms. The second-order valence-electron chi connectivity index (χ2n) is 7.75. The molecule has 0 aromatic heterocycles. The summed E-state index contributed by atoms with van der Waals surface area (Å²) in [4.78, 5) is 26.9. The highest BCUT2D eigenvalue weighted by Crippen LogP contribution is 2.35. The fourth-order valence-corrected chi connectivity index (χ4v) is 4.43. The van der Waals surface area contributed by atoms with Crippen LogP contribution in [0.15, 0.2) is 77.7 Å². The van der Waals surface area contributed by atoms with E-state index in [1.165, 1.54) is 4.90 Å². The number of carbonyl (C=O) groups is 2. The number of ether oxygens (including phenoxy) is 4. The van der Waals surface area contributed by atoms with Gasteiger partial charge in [0.2, 0.25) is 0 Å². The lowest BCUT2D eigenvalue weighted by Gasteiger charge is -2.14. The summed E-state index contributed by atoms with van der Waals surface area (Å²) >= 11 is 0.908. The molecule has 1 saturated heterocycles. The van der Waals surface area contributed by atoms with E-state index >= 15 is 0 Å². The average Bonchev–Trinajstić information content (AvgIpc) is 3.16. The van der Waals surface area contributed by atoms with Gasteiger partial charge in [0.05, 0.1) is 25.2 Å². The van der Waals surface area contributed by atoms with Crippen molar-refractivity contribution in [2.45, 2.75) is 13.5 Å². The first-order chi connectivity index (χ1) is 17.6. The van der Waals surface area contributed by atoms with E-state index in [1.54, 1.807) is 25.3 Å². The van der Waals surface area contributed by atoms with Crippen molar-refractivity contribution in [1.29, 1.82) is 0 Å². The van der Waals surface area contributed by atoms with E-state index in [1.807, 2.05) is 67.6 Å². The number of nitrogens with zero attached hydrogens (tertiary/aromatic N) is 1. The molecule has 1 fully saturated rings. The van der Waals surface area contributed by atoms with Crippen molar-refractivity contribution in [1.82, 2.24) is 4.90 Å². The van der Waals surface area contributed by atoms with E-state index < -0.39 is 0 Å². The van der Waals surface area contributed by atoms with Gasteiger partial charge in [-0.15, -0.1) is 0 Å². The molecule has 3 aromatic rings. The molecule has 0 unspecified atom stereocenters. The summed E-state index contributed by atoms with van der Waals surface area (Å²) in [5.74, 6) is 1.98. The zero-order valence-electron chi connectivity index (χ0n) is 20.1. The second kappa shape index (κ2) is 12.2. The highest BCUT2D eigenvalue weighted by Gasteiger charge is 2.34. The number of hydrogen-bond acceptors (Lipinski definition) is 7. The zero-order chi connectivity index (χ0) is 25.3. The smallest absolute Gasteiger partial charge is 0.293 e. The van der Waals surface area contributed by atoms with Gasteiger partial charge in [-0.3, -0.25) is 14.5 Å². The van der Waals surface area contributed by atoms with E-state index in [9.17, 15) is 9.59 Å². The maximum atomic E-state index is 12.9. The van der Waals surface area contributed by atoms with Crippen LogP contribution in [0.3, 0.4) is 0 Å². The molecular formula is C28H27NO6S. The minimum atomic E-state index is -0.351. The highest BCUT2D eigenvalue weighted by molar-refractivity contribution is 8.18. The van der Waals surface area contributed by atoms with Crippen molar-refractivity contribution in [3.8, 4) is 23.0 Å². The number of carbonyl (C=O) groups excluding carboxylic acids is 2. The van der Waals surface area contributed by atoms with Crippen molar-refractivity contribution in [2.24, 2.45) is 0 Å². The normalized spacial score (nSPS) is 14.3. The van der Waals surface area contributed by atoms with E-state index in [0.29, 0.717) is 41.1 Å². The molecule has 1 heterocycles. The SMILES string of the molecule is CCOc1cc(/C=C2\SC(=O)N(CCOc3ccccc3OC)C2=O)ccc1OCc1ccccc1. The fraction of sp³-hybridized carbons (Fsp3) is 0.214. The summed E-state index contributed by atoms with van der Waals surface area (Å²) in [5.41, 5.74) is 1.79. The Labute approximate surface area is 214 Å². The number of para-hydroxylation sites is 2. The Morgan fingerprint density at radius 3 is 2.31 bits per heavy atom. The van der Waals surface area contributed by atoms with Gasteiger partial charge >= 0.3 is 0 Å². The minimum Gasteiger partial charge on any atom is -0.493 e. The Balaban J connectivity index is 1.41. The van der Waals surface area contributed by atoms with Crippen LogP contribution in [0.25, 0.3) is 6.08 Å². The Kier molecular flexibility index (Phi) is 8.52. The zero-order valence-corrected chi connectivity index (χ0v) is 21.0. The number of benzene rings is 3. The lowest BCUT2D eigenvalue weighted by atomic mass is 10.1. The predicted octanol–water partition coefficient (Wildman–Crippen LogP) is 5.79. The molecule has 36 heavy (non-hydrogen) atoms. The first-order valence-electron chi connectivity index (χ1n) is 11.5. The molecule has 186 valence electrons. The molecule has 0 bridgehead atoms. The van der Waals surface area contributed by atoms with E-state index in [2.05, 4.69) is 0 Å². The third kappa shape index (κ3) is 6.20. The molecule has 0 N–H and O–H groups in total. The van der Waals surface area contributed by atoms with Crippen LogP contribution < -0.4 is 18.9 Å². The van der Waals surface area contributed by atoms with Gasteiger partial charge in [-0.2, -0.15) is 0 Å². The molecule has 0 atom stereocenters. The van der Waals surface area contributed by atoms with Gasteiger partial charge in [0.25, 0.3) is 11.1 Å². The Bertz CT molecular complexity index is 1240. The van der Waals surface area contributed by atoms with Crippen LogP contribution in [0, 0.1) is 0 Å². The molecule has 4 rings (SSSR count). The van der Waals surface area contributed by atoms with Gasteiger partial charge < -0.3 is 18.9 Å². The molecule has 0 aliphatic carbocycles. The first kappa shape index (κ1) is 25.2. The number of thioether (sulfide) groups is 1. The van der Waals surface area contributed by atoms with Gasteiger partial charge in [0, 0.05) is 0 Å². The minimum absolute atomic E-state index is 0.135. The Morgan fingerprint density at radius 2 is 1.56 bits per heavy atom. The molecular weight excluding hydrogens is 478 g/mol. The van der Waals surface area contributed by atoms with E-state index in [0.717, 1.165) is 22.9 Å². The molecule has 2 amide bonds. The third-order valence-electron chi connectivity index (χ3n) is 5.32. The maximum Gasteiger partial charge on any atom is 0.293 e. The highest BCUT2D eigenvalue weighted by atomic mass is 32.2. The standard InChI is InChI=1S/C28H27NO6S/c1-3-33-25-17-21(13-14-24(25)35-19-20-9-5-4-6-10-20)18-26-27(30)29(28(31)36-26)15-16-34-23-12-8-7-11-22(23)32-2/h4-14,17-18H,3,15-16,19H2,1-2H3/b26-18-. The molecule has 0 radical (unpaired) electrons. The van der Waals surface area contributed by atoms with Crippen LogP contribution in [0.4, 0.5) is 4.79 Å². The first-order valence-corrected chi connectivity index (χ1v) is 12.4. The van der Waals surface area contributed by atoms with Crippen molar-refractivity contribution < 1.29 is 28.5 Å².